The van der Waals surface area contributed by atoms with Crippen LogP contribution in [0, 0.1) is 6.07 Å². The summed E-state index contributed by atoms with van der Waals surface area (Å²) in [6.45, 7) is 0. The van der Waals surface area contributed by atoms with Crippen molar-refractivity contribution in [3.05, 3.63) is 30.3 Å². The Labute approximate surface area is 80.7 Å². The van der Waals surface area contributed by atoms with Gasteiger partial charge >= 0.3 is 0 Å². The number of hydrogen-bond acceptors (Lipinski definition) is 1. The standard InChI is InChI=1S/C7H8N.Y/c1-8-7-5-3-2-4-6-7;/h2-5,8H,1H3;/q-1;. The minimum atomic E-state index is 0. The van der Waals surface area contributed by atoms with Gasteiger partial charge < -0.3 is 5.32 Å². The summed E-state index contributed by atoms with van der Waals surface area (Å²) in [5.74, 6) is 0. The van der Waals surface area contributed by atoms with E-state index in [4.69, 9.17) is 0 Å². The Morgan fingerprint density at radius 3 is 2.56 bits per heavy atom. The molecule has 0 atom stereocenters. The molecule has 0 saturated heterocycles. The Bertz CT molecular complexity index is 150. The maximum atomic E-state index is 3.01. The van der Waals surface area contributed by atoms with E-state index in [1.54, 1.807) is 0 Å². The number of para-hydroxylation sites is 1. The predicted molar refractivity (Wildman–Crippen MR) is 34.8 cm³/mol. The molecule has 1 nitrogen and oxygen atoms in total. The quantitative estimate of drug-likeness (QED) is 0.670. The van der Waals surface area contributed by atoms with E-state index < -0.39 is 0 Å². The topological polar surface area (TPSA) is 12.0 Å². The predicted octanol–water partition coefficient (Wildman–Crippen LogP) is 1.53. The molecule has 0 saturated carbocycles. The molecule has 0 heterocycles. The van der Waals surface area contributed by atoms with Crippen molar-refractivity contribution in [3.8, 4) is 0 Å². The van der Waals surface area contributed by atoms with Crippen molar-refractivity contribution in [2.75, 3.05) is 12.4 Å². The summed E-state index contributed by atoms with van der Waals surface area (Å²) in [4.78, 5) is 0. The maximum absolute atomic E-state index is 3.01. The van der Waals surface area contributed by atoms with E-state index in [0.717, 1.165) is 5.69 Å². The second-order valence-corrected chi connectivity index (χ2v) is 1.53. The third-order valence-corrected chi connectivity index (χ3v) is 0.978. The first-order valence-electron chi connectivity index (χ1n) is 2.58. The van der Waals surface area contributed by atoms with Crippen LogP contribution < -0.4 is 5.32 Å². The first-order chi connectivity index (χ1) is 3.93. The van der Waals surface area contributed by atoms with Gasteiger partial charge in [-0.1, -0.05) is 5.69 Å². The summed E-state index contributed by atoms with van der Waals surface area (Å²) in [6.07, 6.45) is 0. The Kier molecular flexibility index (Phi) is 5.02. The third kappa shape index (κ3) is 2.97. The van der Waals surface area contributed by atoms with Crippen LogP contribution in [0.1, 0.15) is 0 Å². The number of anilines is 1. The van der Waals surface area contributed by atoms with Gasteiger partial charge in [-0.3, -0.25) is 0 Å². The Morgan fingerprint density at radius 1 is 1.44 bits per heavy atom. The largest absolute Gasteiger partial charge is 0.410 e. The van der Waals surface area contributed by atoms with E-state index in [1.807, 2.05) is 31.3 Å². The molecule has 45 valence electrons. The molecular formula is C7H8NY-. The van der Waals surface area contributed by atoms with Gasteiger partial charge in [0.1, 0.15) is 0 Å². The minimum absolute atomic E-state index is 0. The van der Waals surface area contributed by atoms with Gasteiger partial charge in [0.25, 0.3) is 0 Å². The zero-order valence-corrected chi connectivity index (χ0v) is 8.23. The molecule has 1 aromatic carbocycles. The molecule has 0 spiro atoms. The van der Waals surface area contributed by atoms with Crippen LogP contribution in [0.2, 0.25) is 0 Å². The summed E-state index contributed by atoms with van der Waals surface area (Å²) in [6, 6.07) is 10.8. The van der Waals surface area contributed by atoms with Crippen LogP contribution in [0.4, 0.5) is 5.69 Å². The van der Waals surface area contributed by atoms with E-state index in [2.05, 4.69) is 11.4 Å². The summed E-state index contributed by atoms with van der Waals surface area (Å²) in [5, 5.41) is 2.97. The molecular weight excluding hydrogens is 187 g/mol. The van der Waals surface area contributed by atoms with Crippen molar-refractivity contribution in [2.24, 2.45) is 0 Å². The van der Waals surface area contributed by atoms with Crippen LogP contribution in [0.15, 0.2) is 24.3 Å². The van der Waals surface area contributed by atoms with E-state index in [1.165, 1.54) is 0 Å². The van der Waals surface area contributed by atoms with Crippen molar-refractivity contribution in [3.63, 3.8) is 0 Å². The fourth-order valence-electron chi connectivity index (χ4n) is 0.549. The molecule has 0 unspecified atom stereocenters. The molecule has 9 heavy (non-hydrogen) atoms. The van der Waals surface area contributed by atoms with Crippen LogP contribution >= 0.6 is 0 Å². The SMILES string of the molecule is CNc1[c-]cccc1.[Y]. The van der Waals surface area contributed by atoms with Gasteiger partial charge in [0.15, 0.2) is 0 Å². The average molecular weight is 195 g/mol. The normalized spacial score (nSPS) is 7.67. The van der Waals surface area contributed by atoms with Gasteiger partial charge in [0, 0.05) is 39.8 Å². The van der Waals surface area contributed by atoms with E-state index in [-0.39, 0.29) is 32.7 Å². The number of benzene rings is 1. The monoisotopic (exact) mass is 195 g/mol. The number of nitrogens with one attached hydrogen (secondary N) is 1. The van der Waals surface area contributed by atoms with Crippen molar-refractivity contribution < 1.29 is 32.7 Å². The molecule has 0 aliphatic rings. The van der Waals surface area contributed by atoms with Crippen LogP contribution in [-0.4, -0.2) is 7.05 Å². The molecule has 1 radical (unpaired) electrons. The Hall–Kier alpha value is 0.124. The molecule has 0 aromatic heterocycles. The molecule has 0 aliphatic carbocycles. The van der Waals surface area contributed by atoms with Gasteiger partial charge in [-0.2, -0.15) is 24.3 Å². The molecule has 1 aromatic rings. The van der Waals surface area contributed by atoms with Crippen LogP contribution in [0.25, 0.3) is 0 Å². The fourth-order valence-corrected chi connectivity index (χ4v) is 0.549. The molecule has 0 fully saturated rings. The van der Waals surface area contributed by atoms with Gasteiger partial charge in [-0.15, -0.1) is 6.07 Å². The zero-order valence-electron chi connectivity index (χ0n) is 5.39. The molecule has 1 rings (SSSR count). The van der Waals surface area contributed by atoms with Gasteiger partial charge in [0.2, 0.25) is 0 Å². The molecule has 0 amide bonds. The van der Waals surface area contributed by atoms with Gasteiger partial charge in [-0.05, 0) is 0 Å². The second kappa shape index (κ2) is 4.95. The summed E-state index contributed by atoms with van der Waals surface area (Å²) >= 11 is 0. The van der Waals surface area contributed by atoms with Crippen molar-refractivity contribution in [1.29, 1.82) is 0 Å². The first kappa shape index (κ1) is 9.12. The first-order valence-corrected chi connectivity index (χ1v) is 2.58. The van der Waals surface area contributed by atoms with Gasteiger partial charge in [-0.25, -0.2) is 0 Å². The Balaban J connectivity index is 0.000000640. The maximum Gasteiger partial charge on any atom is 0.00121 e. The zero-order chi connectivity index (χ0) is 5.82. The Morgan fingerprint density at radius 2 is 2.22 bits per heavy atom. The summed E-state index contributed by atoms with van der Waals surface area (Å²) < 4.78 is 0. The smallest absolute Gasteiger partial charge is 0.00121 e. The molecule has 0 aliphatic heterocycles. The molecule has 0 bridgehead atoms. The summed E-state index contributed by atoms with van der Waals surface area (Å²) in [7, 11) is 1.88. The van der Waals surface area contributed by atoms with Gasteiger partial charge in [0.05, 0.1) is 0 Å². The van der Waals surface area contributed by atoms with Crippen LogP contribution in [-0.2, 0) is 32.7 Å². The van der Waals surface area contributed by atoms with Crippen LogP contribution in [0.3, 0.4) is 0 Å². The van der Waals surface area contributed by atoms with Crippen molar-refractivity contribution >= 4 is 5.69 Å². The third-order valence-electron chi connectivity index (χ3n) is 0.978. The van der Waals surface area contributed by atoms with Crippen molar-refractivity contribution in [2.45, 2.75) is 0 Å². The van der Waals surface area contributed by atoms with Crippen molar-refractivity contribution in [1.82, 2.24) is 0 Å². The summed E-state index contributed by atoms with van der Waals surface area (Å²) in [5.41, 5.74) is 1.03. The van der Waals surface area contributed by atoms with E-state index >= 15 is 0 Å². The molecule has 2 heteroatoms. The molecule has 1 N–H and O–H groups in total. The van der Waals surface area contributed by atoms with E-state index in [9.17, 15) is 0 Å². The average Bonchev–Trinajstić information content (AvgIpc) is 1.90. The number of hydrogen-bond donors (Lipinski definition) is 1. The minimum Gasteiger partial charge on any atom is -0.410 e. The number of rotatable bonds is 1. The van der Waals surface area contributed by atoms with E-state index in [0.29, 0.717) is 0 Å². The fraction of sp³-hybridized carbons (Fsp3) is 0.143. The van der Waals surface area contributed by atoms with Crippen LogP contribution in [0.5, 0.6) is 0 Å². The second-order valence-electron chi connectivity index (χ2n) is 1.53.